The number of nitrogens with zero attached hydrogens (tertiary/aromatic N) is 2. The van der Waals surface area contributed by atoms with Crippen molar-refractivity contribution in [1.29, 1.82) is 0 Å². The molecule has 1 saturated carbocycles. The Morgan fingerprint density at radius 3 is 2.44 bits per heavy atom. The molecular formula is C35H46N2O4. The highest BCUT2D eigenvalue weighted by atomic mass is 16.3. The van der Waals surface area contributed by atoms with Crippen molar-refractivity contribution in [3.63, 3.8) is 0 Å². The van der Waals surface area contributed by atoms with Gasteiger partial charge in [-0.1, -0.05) is 61.0 Å². The van der Waals surface area contributed by atoms with E-state index in [1.54, 1.807) is 6.92 Å². The normalized spacial score (nSPS) is 29.5. The number of carbonyl (C=O) groups excluding carboxylic acids is 2. The van der Waals surface area contributed by atoms with Crippen LogP contribution in [-0.4, -0.2) is 76.1 Å². The molecule has 2 aromatic rings. The lowest BCUT2D eigenvalue weighted by atomic mass is 9.64. The van der Waals surface area contributed by atoms with Gasteiger partial charge in [0.15, 0.2) is 5.78 Å². The standard InChI is InChI=1S/C35H46N2O4/c1-25-8-7-16-34(3)32(15-17-35(34,41)24-36-18-20-37(21-19-36)26(2)38)30-14-12-27(22-29(39)13-11-25)23-31(30)33(40)28-9-5-4-6-10-28/h4-6,8-10,12,14,23,29,32,39,41H,7,11,13,15-22,24H2,1-3H3. The molecule has 6 heteroatoms. The van der Waals surface area contributed by atoms with Crippen LogP contribution in [0.5, 0.6) is 0 Å². The van der Waals surface area contributed by atoms with Gasteiger partial charge in [0, 0.05) is 56.2 Å². The van der Waals surface area contributed by atoms with E-state index >= 15 is 0 Å². The zero-order chi connectivity index (χ0) is 29.2. The number of benzene rings is 2. The molecule has 2 bridgehead atoms. The van der Waals surface area contributed by atoms with Crippen molar-refractivity contribution in [1.82, 2.24) is 9.80 Å². The van der Waals surface area contributed by atoms with Crippen LogP contribution in [0.25, 0.3) is 0 Å². The zero-order valence-electron chi connectivity index (χ0n) is 24.9. The number of allylic oxidation sites excluding steroid dienone is 2. The summed E-state index contributed by atoms with van der Waals surface area (Å²) in [4.78, 5) is 30.1. The van der Waals surface area contributed by atoms with Gasteiger partial charge in [-0.05, 0) is 75.0 Å². The van der Waals surface area contributed by atoms with E-state index in [4.69, 9.17) is 0 Å². The Hall–Kier alpha value is -2.80. The first-order valence-electron chi connectivity index (χ1n) is 15.4. The number of piperazine rings is 1. The second kappa shape index (κ2) is 12.2. The quantitative estimate of drug-likeness (QED) is 0.402. The van der Waals surface area contributed by atoms with E-state index in [1.165, 1.54) is 5.57 Å². The minimum atomic E-state index is -0.920. The zero-order valence-corrected chi connectivity index (χ0v) is 24.9. The molecule has 0 aromatic heterocycles. The predicted octanol–water partition coefficient (Wildman–Crippen LogP) is 5.12. The van der Waals surface area contributed by atoms with Crippen LogP contribution in [0.4, 0.5) is 0 Å². The summed E-state index contributed by atoms with van der Waals surface area (Å²) in [5.74, 6) is 0.123. The summed E-state index contributed by atoms with van der Waals surface area (Å²) < 4.78 is 0. The number of β-amino-alcohol motifs (C(OH)–C–C–N with tert-alkyl or cyclic N) is 1. The van der Waals surface area contributed by atoms with Gasteiger partial charge in [-0.25, -0.2) is 0 Å². The molecule has 3 aliphatic carbocycles. The van der Waals surface area contributed by atoms with Crippen LogP contribution in [0.3, 0.4) is 0 Å². The molecule has 0 spiro atoms. The summed E-state index contributed by atoms with van der Waals surface area (Å²) in [7, 11) is 0. The minimum absolute atomic E-state index is 0.00193. The van der Waals surface area contributed by atoms with Gasteiger partial charge in [0.2, 0.25) is 5.91 Å². The lowest BCUT2D eigenvalue weighted by molar-refractivity contribution is -0.132. The average Bonchev–Trinajstić information content (AvgIpc) is 3.21. The molecular weight excluding hydrogens is 512 g/mol. The van der Waals surface area contributed by atoms with Crippen LogP contribution in [0, 0.1) is 5.41 Å². The topological polar surface area (TPSA) is 81.1 Å². The van der Waals surface area contributed by atoms with Crippen molar-refractivity contribution in [2.24, 2.45) is 5.41 Å². The molecule has 0 radical (unpaired) electrons. The van der Waals surface area contributed by atoms with E-state index in [0.29, 0.717) is 50.0 Å². The summed E-state index contributed by atoms with van der Waals surface area (Å²) in [6, 6.07) is 15.6. The van der Waals surface area contributed by atoms with Gasteiger partial charge >= 0.3 is 0 Å². The van der Waals surface area contributed by atoms with Crippen molar-refractivity contribution in [2.75, 3.05) is 32.7 Å². The summed E-state index contributed by atoms with van der Waals surface area (Å²) in [6.45, 7) is 9.47. The van der Waals surface area contributed by atoms with Crippen LogP contribution in [0.15, 0.2) is 60.2 Å². The SMILES string of the molecule is CC(=O)N1CCN(CC2(O)CCC3c4ccc(cc4C(=O)c4ccccc4)CC(O)CCC(C)=CCCC32C)CC1. The third-order valence-electron chi connectivity index (χ3n) is 10.3. The van der Waals surface area contributed by atoms with Crippen molar-refractivity contribution >= 4 is 11.7 Å². The summed E-state index contributed by atoms with van der Waals surface area (Å²) >= 11 is 0. The molecule has 6 nitrogen and oxygen atoms in total. The van der Waals surface area contributed by atoms with Crippen LogP contribution in [0.2, 0.25) is 0 Å². The number of amides is 1. The molecule has 4 atom stereocenters. The van der Waals surface area contributed by atoms with E-state index in [1.807, 2.05) is 41.3 Å². The number of hydrogen-bond acceptors (Lipinski definition) is 5. The van der Waals surface area contributed by atoms with Crippen LogP contribution < -0.4 is 0 Å². The number of fused-ring (bicyclic) bond motifs is 8. The Balaban J connectivity index is 1.54. The third kappa shape index (κ3) is 6.20. The fourth-order valence-electron chi connectivity index (χ4n) is 7.53. The van der Waals surface area contributed by atoms with E-state index in [0.717, 1.165) is 49.9 Å². The Bertz CT molecular complexity index is 1280. The van der Waals surface area contributed by atoms with E-state index in [9.17, 15) is 19.8 Å². The first kappa shape index (κ1) is 29.7. The average molecular weight is 559 g/mol. The molecule has 1 saturated heterocycles. The van der Waals surface area contributed by atoms with Crippen molar-refractivity contribution in [2.45, 2.75) is 83.3 Å². The molecule has 2 fully saturated rings. The maximum absolute atomic E-state index is 14.0. The highest BCUT2D eigenvalue weighted by Gasteiger charge is 2.57. The van der Waals surface area contributed by atoms with Gasteiger partial charge in [0.05, 0.1) is 11.7 Å². The molecule has 1 amide bonds. The molecule has 2 N–H and O–H groups in total. The van der Waals surface area contributed by atoms with E-state index in [2.05, 4.69) is 37.0 Å². The van der Waals surface area contributed by atoms with Gasteiger partial charge in [0.1, 0.15) is 0 Å². The smallest absolute Gasteiger partial charge is 0.219 e. The minimum Gasteiger partial charge on any atom is -0.393 e. The highest BCUT2D eigenvalue weighted by Crippen LogP contribution is 2.58. The van der Waals surface area contributed by atoms with Gasteiger partial charge in [-0.2, -0.15) is 0 Å². The maximum atomic E-state index is 14.0. The number of aliphatic hydroxyl groups is 2. The number of rotatable bonds is 4. The van der Waals surface area contributed by atoms with Crippen LogP contribution in [-0.2, 0) is 11.2 Å². The monoisotopic (exact) mass is 558 g/mol. The van der Waals surface area contributed by atoms with Crippen molar-refractivity contribution in [3.8, 4) is 0 Å². The predicted molar refractivity (Wildman–Crippen MR) is 162 cm³/mol. The molecule has 1 heterocycles. The number of hydrogen-bond donors (Lipinski definition) is 2. The van der Waals surface area contributed by atoms with Gasteiger partial charge in [0.25, 0.3) is 0 Å². The molecule has 41 heavy (non-hydrogen) atoms. The Kier molecular flexibility index (Phi) is 8.84. The largest absolute Gasteiger partial charge is 0.393 e. The fraction of sp³-hybridized carbons (Fsp3) is 0.543. The van der Waals surface area contributed by atoms with Crippen molar-refractivity contribution < 1.29 is 19.8 Å². The van der Waals surface area contributed by atoms with Gasteiger partial charge in [-0.3, -0.25) is 14.5 Å². The van der Waals surface area contributed by atoms with E-state index < -0.39 is 17.1 Å². The second-order valence-corrected chi connectivity index (χ2v) is 12.9. The number of aliphatic hydroxyl groups excluding tert-OH is 1. The molecule has 4 aliphatic rings. The first-order valence-corrected chi connectivity index (χ1v) is 15.4. The van der Waals surface area contributed by atoms with Crippen LogP contribution in [0.1, 0.15) is 92.3 Å². The lowest BCUT2D eigenvalue weighted by Crippen LogP contribution is -2.57. The fourth-order valence-corrected chi connectivity index (χ4v) is 7.53. The molecule has 6 rings (SSSR count). The second-order valence-electron chi connectivity index (χ2n) is 12.9. The maximum Gasteiger partial charge on any atom is 0.219 e. The number of ketones is 1. The van der Waals surface area contributed by atoms with Gasteiger partial charge < -0.3 is 15.1 Å². The lowest BCUT2D eigenvalue weighted by Gasteiger charge is -2.47. The van der Waals surface area contributed by atoms with Gasteiger partial charge in [-0.15, -0.1) is 0 Å². The van der Waals surface area contributed by atoms with Crippen LogP contribution >= 0.6 is 0 Å². The Labute approximate surface area is 245 Å². The molecule has 220 valence electrons. The number of carbonyl (C=O) groups is 2. The highest BCUT2D eigenvalue weighted by molar-refractivity contribution is 6.10. The Morgan fingerprint density at radius 2 is 1.73 bits per heavy atom. The first-order chi connectivity index (χ1) is 19.6. The van der Waals surface area contributed by atoms with E-state index in [-0.39, 0.29) is 17.6 Å². The Morgan fingerprint density at radius 1 is 1.00 bits per heavy atom. The summed E-state index contributed by atoms with van der Waals surface area (Å²) in [5.41, 5.74) is 3.24. The summed E-state index contributed by atoms with van der Waals surface area (Å²) in [5, 5.41) is 23.3. The molecule has 4 unspecified atom stereocenters. The summed E-state index contributed by atoms with van der Waals surface area (Å²) in [6.07, 6.45) is 6.98. The molecule has 1 aliphatic heterocycles. The van der Waals surface area contributed by atoms with Crippen molar-refractivity contribution in [3.05, 3.63) is 82.4 Å². The third-order valence-corrected chi connectivity index (χ3v) is 10.3. The molecule has 2 aromatic carbocycles.